The summed E-state index contributed by atoms with van der Waals surface area (Å²) < 4.78 is 47.3. The van der Waals surface area contributed by atoms with Gasteiger partial charge < -0.3 is 115 Å². The van der Waals surface area contributed by atoms with Crippen LogP contribution in [-0.4, -0.2) is 246 Å². The summed E-state index contributed by atoms with van der Waals surface area (Å²) in [4.78, 5) is 25.7. The van der Waals surface area contributed by atoms with E-state index in [1.54, 1.807) is 6.08 Å². The number of amides is 2. The quantitative estimate of drug-likeness (QED) is 0.0299. The summed E-state index contributed by atoms with van der Waals surface area (Å²) in [7, 11) is 0. The first-order valence-corrected chi connectivity index (χ1v) is 31.9. The van der Waals surface area contributed by atoms with Gasteiger partial charge in [-0.15, -0.1) is 0 Å². The van der Waals surface area contributed by atoms with E-state index in [1.807, 2.05) is 6.08 Å². The zero-order chi connectivity index (χ0) is 62.3. The monoisotopic (exact) mass is 1230 g/mol. The van der Waals surface area contributed by atoms with Gasteiger partial charge in [-0.2, -0.15) is 0 Å². The van der Waals surface area contributed by atoms with Gasteiger partial charge in [0, 0.05) is 13.3 Å². The Morgan fingerprint density at radius 2 is 0.871 bits per heavy atom. The van der Waals surface area contributed by atoms with Crippen LogP contribution in [0.25, 0.3) is 0 Å². The summed E-state index contributed by atoms with van der Waals surface area (Å²) >= 11 is 0. The summed E-state index contributed by atoms with van der Waals surface area (Å²) in [6.07, 6.45) is -3.81. The van der Waals surface area contributed by atoms with Crippen molar-refractivity contribution in [2.45, 2.75) is 323 Å². The van der Waals surface area contributed by atoms with Crippen molar-refractivity contribution < 1.29 is 114 Å². The standard InChI is InChI=1S/C60H110N2O23/c1-4-6-8-10-12-14-16-18-20-22-24-26-28-30-39(68)38(62-44(69)31-29-27-25-23-21-19-17-15-13-11-9-7-5-2)36-78-58-52(76)50(74)54(42(34-65)81-58)83-60-53(77)56(85-59-51(75)49(73)47(71)41(33-64)80-59)55(43(35-66)82-60)84-57-45(61-37(3)67)48(72)46(70)40(32-63)79-57/h28,30,38-43,45-60,63-66,68,70-77H,4-27,29,31-36H2,1-3H3,(H,61,67)(H,62,69)/b30-28+/t38-,39+,40?,41?,42?,43?,45?,46-,47-,48+,49-,50+,51?,52?,53?,54+,55-,56+,57-,58+,59+,60-/m0/s1. The molecule has 2 amide bonds. The summed E-state index contributed by atoms with van der Waals surface area (Å²) in [5.74, 6) is -1.05. The van der Waals surface area contributed by atoms with Crippen molar-refractivity contribution >= 4 is 11.8 Å². The molecule has 0 radical (unpaired) electrons. The number of carbonyl (C=O) groups excluding carboxylic acids is 2. The lowest BCUT2D eigenvalue weighted by molar-refractivity contribution is -0.395. The Bertz CT molecular complexity index is 1790. The van der Waals surface area contributed by atoms with E-state index < -0.39 is 174 Å². The maximum absolute atomic E-state index is 13.4. The Morgan fingerprint density at radius 1 is 0.459 bits per heavy atom. The summed E-state index contributed by atoms with van der Waals surface area (Å²) in [6, 6.07) is -2.61. The van der Waals surface area contributed by atoms with Gasteiger partial charge in [-0.25, -0.2) is 0 Å². The van der Waals surface area contributed by atoms with Crippen LogP contribution < -0.4 is 10.6 Å². The molecule has 25 nitrogen and oxygen atoms in total. The van der Waals surface area contributed by atoms with E-state index in [9.17, 15) is 76.0 Å². The fourth-order valence-electron chi connectivity index (χ4n) is 11.4. The zero-order valence-electron chi connectivity index (χ0n) is 50.7. The van der Waals surface area contributed by atoms with Crippen molar-refractivity contribution in [3.63, 3.8) is 0 Å². The van der Waals surface area contributed by atoms with Gasteiger partial charge in [0.05, 0.1) is 45.2 Å². The van der Waals surface area contributed by atoms with E-state index in [1.165, 1.54) is 103 Å². The van der Waals surface area contributed by atoms with Crippen LogP contribution >= 0.6 is 0 Å². The molecule has 0 aliphatic carbocycles. The van der Waals surface area contributed by atoms with Crippen LogP contribution in [0.4, 0.5) is 0 Å². The van der Waals surface area contributed by atoms with Gasteiger partial charge in [0.2, 0.25) is 11.8 Å². The maximum atomic E-state index is 13.4. The number of hydrogen-bond acceptors (Lipinski definition) is 23. The molecule has 4 heterocycles. The molecule has 25 heteroatoms. The highest BCUT2D eigenvalue weighted by Crippen LogP contribution is 2.36. The molecular weight excluding hydrogens is 1120 g/mol. The summed E-state index contributed by atoms with van der Waals surface area (Å²) in [5.41, 5.74) is 0. The highest BCUT2D eigenvalue weighted by molar-refractivity contribution is 5.76. The Labute approximate surface area is 502 Å². The first-order chi connectivity index (χ1) is 41.0. The van der Waals surface area contributed by atoms with E-state index in [4.69, 9.17) is 37.9 Å². The molecule has 4 aliphatic rings. The van der Waals surface area contributed by atoms with Crippen LogP contribution in [0.15, 0.2) is 12.2 Å². The third-order valence-electron chi connectivity index (χ3n) is 16.6. The van der Waals surface area contributed by atoms with Crippen LogP contribution in [0.3, 0.4) is 0 Å². The third-order valence-corrected chi connectivity index (χ3v) is 16.6. The Morgan fingerprint density at radius 3 is 1.39 bits per heavy atom. The van der Waals surface area contributed by atoms with Crippen molar-refractivity contribution in [1.82, 2.24) is 10.6 Å². The average molecular weight is 1230 g/mol. The predicted molar refractivity (Wildman–Crippen MR) is 308 cm³/mol. The van der Waals surface area contributed by atoms with Gasteiger partial charge in [-0.1, -0.05) is 167 Å². The van der Waals surface area contributed by atoms with Crippen LogP contribution in [0.5, 0.6) is 0 Å². The summed E-state index contributed by atoms with van der Waals surface area (Å²) in [5, 5.41) is 147. The second-order valence-corrected chi connectivity index (χ2v) is 23.6. The highest BCUT2D eigenvalue weighted by Gasteiger charge is 2.57. The number of carbonyl (C=O) groups is 2. The van der Waals surface area contributed by atoms with Crippen molar-refractivity contribution in [2.24, 2.45) is 0 Å². The van der Waals surface area contributed by atoms with Gasteiger partial charge in [-0.3, -0.25) is 9.59 Å². The topological polar surface area (TPSA) is 395 Å². The molecule has 4 saturated heterocycles. The van der Waals surface area contributed by atoms with Crippen LogP contribution in [0.1, 0.15) is 188 Å². The van der Waals surface area contributed by atoms with Crippen LogP contribution in [0, 0.1) is 0 Å². The molecule has 0 aromatic heterocycles. The van der Waals surface area contributed by atoms with Gasteiger partial charge in [0.1, 0.15) is 97.6 Å². The Hall–Kier alpha value is -2.16. The predicted octanol–water partition coefficient (Wildman–Crippen LogP) is 1.00. The molecular formula is C60H110N2O23. The lowest BCUT2D eigenvalue weighted by Gasteiger charge is -2.50. The van der Waals surface area contributed by atoms with Crippen molar-refractivity contribution in [3.8, 4) is 0 Å². The minimum Gasteiger partial charge on any atom is -0.394 e. The molecule has 4 fully saturated rings. The fourth-order valence-corrected chi connectivity index (χ4v) is 11.4. The molecule has 0 aromatic rings. The van der Waals surface area contributed by atoms with Crippen molar-refractivity contribution in [3.05, 3.63) is 12.2 Å². The van der Waals surface area contributed by atoms with Crippen molar-refractivity contribution in [1.29, 1.82) is 0 Å². The molecule has 8 unspecified atom stereocenters. The van der Waals surface area contributed by atoms with Gasteiger partial charge in [-0.05, 0) is 19.3 Å². The first kappa shape index (κ1) is 75.3. The molecule has 4 rings (SSSR count). The van der Waals surface area contributed by atoms with Gasteiger partial charge in [0.15, 0.2) is 25.2 Å². The number of unbranched alkanes of at least 4 members (excludes halogenated alkanes) is 23. The third kappa shape index (κ3) is 24.9. The second-order valence-electron chi connectivity index (χ2n) is 23.6. The van der Waals surface area contributed by atoms with E-state index >= 15 is 0 Å². The number of ether oxygens (including phenoxy) is 8. The molecule has 498 valence electrons. The molecule has 85 heavy (non-hydrogen) atoms. The van der Waals surface area contributed by atoms with E-state index in [-0.39, 0.29) is 12.3 Å². The molecule has 15 N–H and O–H groups in total. The van der Waals surface area contributed by atoms with Crippen LogP contribution in [-0.2, 0) is 47.5 Å². The zero-order valence-corrected chi connectivity index (χ0v) is 50.7. The second kappa shape index (κ2) is 42.0. The van der Waals surface area contributed by atoms with E-state index in [2.05, 4.69) is 24.5 Å². The van der Waals surface area contributed by atoms with Gasteiger partial charge >= 0.3 is 0 Å². The lowest BCUT2D eigenvalue weighted by atomic mass is 9.94. The highest BCUT2D eigenvalue weighted by atomic mass is 16.8. The Kier molecular flexibility index (Phi) is 37.2. The molecule has 0 saturated carbocycles. The number of aliphatic hydroxyl groups excluding tert-OH is 13. The Balaban J connectivity index is 1.45. The largest absolute Gasteiger partial charge is 0.394 e. The van der Waals surface area contributed by atoms with E-state index in [0.717, 1.165) is 51.9 Å². The number of nitrogens with one attached hydrogen (secondary N) is 2. The molecule has 0 bridgehead atoms. The number of aliphatic hydroxyl groups is 13. The smallest absolute Gasteiger partial charge is 0.220 e. The number of hydrogen-bond donors (Lipinski definition) is 15. The number of allylic oxidation sites excluding steroid dienone is 1. The van der Waals surface area contributed by atoms with Crippen molar-refractivity contribution in [2.75, 3.05) is 33.0 Å². The minimum atomic E-state index is -2.17. The first-order valence-electron chi connectivity index (χ1n) is 31.9. The molecule has 0 spiro atoms. The minimum absolute atomic E-state index is 0.202. The lowest BCUT2D eigenvalue weighted by Crippen LogP contribution is -2.69. The molecule has 4 aliphatic heterocycles. The maximum Gasteiger partial charge on any atom is 0.220 e. The number of rotatable bonds is 43. The van der Waals surface area contributed by atoms with Crippen LogP contribution in [0.2, 0.25) is 0 Å². The normalized spacial score (nSPS) is 34.4. The molecule has 22 atom stereocenters. The summed E-state index contributed by atoms with van der Waals surface area (Å²) in [6.45, 7) is 1.46. The average Bonchev–Trinajstić information content (AvgIpc) is 2.04. The van der Waals surface area contributed by atoms with Gasteiger partial charge in [0.25, 0.3) is 0 Å². The SMILES string of the molecule is CCCCCCCCCCCCC/C=C/[C@@H](O)[C@H](CO[C@@H]1OC(CO)[C@@H](O[C@@H]2OC(CO)[C@H](O[C@@H]3OC(CO)[C@H](O)[C@H](O)C3NC(C)=O)[C@H](O[C@H]3OC(CO)[C@H](O)[C@H](O)C3O)C2O)[C@H](O)C1O)NC(=O)CCCCCCCCCCCCCCC. The molecule has 0 aromatic carbocycles. The van der Waals surface area contributed by atoms with E-state index in [0.29, 0.717) is 12.8 Å². The fraction of sp³-hybridized carbons (Fsp3) is 0.933.